The molecular weight excluding hydrogens is 295 g/mol. The number of rotatable bonds is 8. The van der Waals surface area contributed by atoms with E-state index in [4.69, 9.17) is 37.4 Å². The molecule has 8 heteroatoms. The Labute approximate surface area is 121 Å². The molecule has 0 bridgehead atoms. The Bertz CT molecular complexity index is 418. The maximum absolute atomic E-state index is 11.7. The van der Waals surface area contributed by atoms with Crippen LogP contribution in [-0.4, -0.2) is 49.7 Å². The van der Waals surface area contributed by atoms with Crippen molar-refractivity contribution in [2.24, 2.45) is 0 Å². The van der Waals surface area contributed by atoms with Gasteiger partial charge in [-0.15, -0.1) is 10.2 Å². The number of hydrogen-bond acceptors (Lipinski definition) is 6. The molecule has 1 aromatic heterocycles. The second-order valence-corrected chi connectivity index (χ2v) is 4.21. The van der Waals surface area contributed by atoms with Crippen LogP contribution in [-0.2, 0) is 14.2 Å². The Morgan fingerprint density at radius 2 is 2.00 bits per heavy atom. The van der Waals surface area contributed by atoms with Crippen molar-refractivity contribution in [3.8, 4) is 0 Å². The van der Waals surface area contributed by atoms with Crippen LogP contribution in [0.5, 0.6) is 0 Å². The summed E-state index contributed by atoms with van der Waals surface area (Å²) in [6, 6.07) is 1.31. The summed E-state index contributed by atoms with van der Waals surface area (Å²) in [5, 5.41) is 7.07. The highest BCUT2D eigenvalue weighted by Gasteiger charge is 2.14. The van der Waals surface area contributed by atoms with Crippen LogP contribution in [0.1, 0.15) is 16.8 Å². The van der Waals surface area contributed by atoms with E-state index >= 15 is 0 Å². The molecule has 0 aliphatic carbocycles. The molecule has 1 heterocycles. The first kappa shape index (κ1) is 16.1. The largest absolute Gasteiger partial charge is 0.462 e. The van der Waals surface area contributed by atoms with Gasteiger partial charge in [-0.1, -0.05) is 23.2 Å². The Morgan fingerprint density at radius 1 is 1.21 bits per heavy atom. The first-order valence-corrected chi connectivity index (χ1v) is 6.33. The van der Waals surface area contributed by atoms with Crippen molar-refractivity contribution in [2.75, 3.05) is 33.5 Å². The zero-order valence-corrected chi connectivity index (χ0v) is 11.9. The minimum Gasteiger partial charge on any atom is -0.462 e. The number of esters is 1. The van der Waals surface area contributed by atoms with Gasteiger partial charge in [0.15, 0.2) is 10.3 Å². The number of hydrogen-bond donors (Lipinski definition) is 0. The molecule has 0 aliphatic rings. The van der Waals surface area contributed by atoms with E-state index < -0.39 is 5.97 Å². The Kier molecular flexibility index (Phi) is 7.66. The van der Waals surface area contributed by atoms with Gasteiger partial charge in [0.1, 0.15) is 5.56 Å². The normalized spacial score (nSPS) is 10.5. The van der Waals surface area contributed by atoms with Gasteiger partial charge < -0.3 is 14.2 Å². The lowest BCUT2D eigenvalue weighted by Gasteiger charge is -2.06. The van der Waals surface area contributed by atoms with Crippen LogP contribution in [0.4, 0.5) is 0 Å². The van der Waals surface area contributed by atoms with Crippen molar-refractivity contribution >= 4 is 29.2 Å². The first-order valence-electron chi connectivity index (χ1n) is 5.57. The topological polar surface area (TPSA) is 70.5 Å². The Hall–Kier alpha value is -0.950. The van der Waals surface area contributed by atoms with Crippen LogP contribution in [0.3, 0.4) is 0 Å². The van der Waals surface area contributed by atoms with Crippen LogP contribution in [0, 0.1) is 0 Å². The third-order valence-electron chi connectivity index (χ3n) is 2.04. The molecule has 0 fully saturated rings. The summed E-state index contributed by atoms with van der Waals surface area (Å²) >= 11 is 11.3. The van der Waals surface area contributed by atoms with Crippen LogP contribution >= 0.6 is 23.2 Å². The molecule has 0 saturated carbocycles. The predicted octanol–water partition coefficient (Wildman–Crippen LogP) is 1.99. The summed E-state index contributed by atoms with van der Waals surface area (Å²) in [4.78, 5) is 11.7. The summed E-state index contributed by atoms with van der Waals surface area (Å²) in [6.07, 6.45) is 0.583. The standard InChI is InChI=1S/C11H14Cl2N2O4/c1-17-5-6-18-3-2-4-19-11(16)8-7-9(12)14-15-10(8)13/h7H,2-6H2,1H3. The fourth-order valence-electron chi connectivity index (χ4n) is 1.14. The molecule has 0 aromatic carbocycles. The quantitative estimate of drug-likeness (QED) is 0.540. The van der Waals surface area contributed by atoms with Gasteiger partial charge in [0.05, 0.1) is 19.8 Å². The van der Waals surface area contributed by atoms with Crippen molar-refractivity contribution < 1.29 is 19.0 Å². The lowest BCUT2D eigenvalue weighted by Crippen LogP contribution is -2.11. The molecule has 0 aliphatic heterocycles. The molecular formula is C11H14Cl2N2O4. The molecule has 0 amide bonds. The number of carbonyl (C=O) groups excluding carboxylic acids is 1. The maximum atomic E-state index is 11.7. The van der Waals surface area contributed by atoms with Gasteiger partial charge in [0.2, 0.25) is 0 Å². The second kappa shape index (κ2) is 9.03. The third-order valence-corrected chi connectivity index (χ3v) is 2.50. The molecule has 0 atom stereocenters. The highest BCUT2D eigenvalue weighted by molar-refractivity contribution is 6.33. The zero-order chi connectivity index (χ0) is 14.1. The number of aromatic nitrogens is 2. The van der Waals surface area contributed by atoms with Crippen molar-refractivity contribution in [1.29, 1.82) is 0 Å². The van der Waals surface area contributed by atoms with E-state index in [0.29, 0.717) is 26.2 Å². The number of halogens is 2. The zero-order valence-electron chi connectivity index (χ0n) is 10.4. The molecule has 0 unspecified atom stereocenters. The smallest absolute Gasteiger partial charge is 0.341 e. The van der Waals surface area contributed by atoms with Gasteiger partial charge in [0.25, 0.3) is 0 Å². The number of methoxy groups -OCH3 is 1. The summed E-state index contributed by atoms with van der Waals surface area (Å²) in [7, 11) is 1.60. The van der Waals surface area contributed by atoms with E-state index in [1.807, 2.05) is 0 Å². The molecule has 1 aromatic rings. The SMILES string of the molecule is COCCOCCCOC(=O)c1cc(Cl)nnc1Cl. The predicted molar refractivity (Wildman–Crippen MR) is 69.6 cm³/mol. The average Bonchev–Trinajstić information content (AvgIpc) is 2.40. The molecule has 0 N–H and O–H groups in total. The van der Waals surface area contributed by atoms with E-state index in [9.17, 15) is 4.79 Å². The van der Waals surface area contributed by atoms with Crippen molar-refractivity contribution in [3.63, 3.8) is 0 Å². The molecule has 6 nitrogen and oxygen atoms in total. The summed E-state index contributed by atoms with van der Waals surface area (Å²) in [5.74, 6) is -0.585. The lowest BCUT2D eigenvalue weighted by atomic mass is 10.3. The molecule has 106 valence electrons. The van der Waals surface area contributed by atoms with Crippen LogP contribution < -0.4 is 0 Å². The maximum Gasteiger partial charge on any atom is 0.341 e. The van der Waals surface area contributed by atoms with Gasteiger partial charge in [-0.3, -0.25) is 0 Å². The van der Waals surface area contributed by atoms with Gasteiger partial charge in [0, 0.05) is 20.1 Å². The average molecular weight is 309 g/mol. The van der Waals surface area contributed by atoms with E-state index in [-0.39, 0.29) is 22.5 Å². The van der Waals surface area contributed by atoms with E-state index in [2.05, 4.69) is 10.2 Å². The fraction of sp³-hybridized carbons (Fsp3) is 0.545. The van der Waals surface area contributed by atoms with Gasteiger partial charge in [-0.2, -0.15) is 0 Å². The van der Waals surface area contributed by atoms with Gasteiger partial charge >= 0.3 is 5.97 Å². The summed E-state index contributed by atoms with van der Waals surface area (Å²) < 4.78 is 15.0. The van der Waals surface area contributed by atoms with Crippen LogP contribution in [0.15, 0.2) is 6.07 Å². The Morgan fingerprint density at radius 3 is 2.74 bits per heavy atom. The first-order chi connectivity index (χ1) is 9.15. The van der Waals surface area contributed by atoms with Crippen molar-refractivity contribution in [3.05, 3.63) is 21.9 Å². The number of nitrogens with zero attached hydrogens (tertiary/aromatic N) is 2. The number of ether oxygens (including phenoxy) is 3. The van der Waals surface area contributed by atoms with Gasteiger partial charge in [-0.25, -0.2) is 4.79 Å². The highest BCUT2D eigenvalue weighted by atomic mass is 35.5. The molecule has 19 heavy (non-hydrogen) atoms. The van der Waals surface area contributed by atoms with Crippen LogP contribution in [0.2, 0.25) is 10.3 Å². The second-order valence-electron chi connectivity index (χ2n) is 3.47. The van der Waals surface area contributed by atoms with E-state index in [1.165, 1.54) is 6.07 Å². The monoisotopic (exact) mass is 308 g/mol. The van der Waals surface area contributed by atoms with Crippen molar-refractivity contribution in [2.45, 2.75) is 6.42 Å². The fourth-order valence-corrected chi connectivity index (χ4v) is 1.46. The lowest BCUT2D eigenvalue weighted by molar-refractivity contribution is 0.0385. The summed E-state index contributed by atoms with van der Waals surface area (Å²) in [5.41, 5.74) is 0.0990. The molecule has 0 spiro atoms. The van der Waals surface area contributed by atoms with Gasteiger partial charge in [-0.05, 0) is 6.07 Å². The summed E-state index contributed by atoms with van der Waals surface area (Å²) in [6.45, 7) is 1.76. The minimum atomic E-state index is -0.585. The molecule has 0 saturated heterocycles. The van der Waals surface area contributed by atoms with Crippen LogP contribution in [0.25, 0.3) is 0 Å². The highest BCUT2D eigenvalue weighted by Crippen LogP contribution is 2.16. The van der Waals surface area contributed by atoms with E-state index in [1.54, 1.807) is 7.11 Å². The third kappa shape index (κ3) is 6.15. The number of carbonyl (C=O) groups is 1. The molecule has 1 rings (SSSR count). The van der Waals surface area contributed by atoms with E-state index in [0.717, 1.165) is 0 Å². The Balaban J connectivity index is 2.26. The van der Waals surface area contributed by atoms with Crippen molar-refractivity contribution in [1.82, 2.24) is 10.2 Å². The minimum absolute atomic E-state index is 0.0363. The molecule has 0 radical (unpaired) electrons.